The highest BCUT2D eigenvalue weighted by Crippen LogP contribution is 2.31. The van der Waals surface area contributed by atoms with Gasteiger partial charge in [0.2, 0.25) is 5.91 Å². The Kier molecular flexibility index (Phi) is 3.47. The van der Waals surface area contributed by atoms with Crippen LogP contribution in [0.2, 0.25) is 0 Å². The molecule has 76 valence electrons. The van der Waals surface area contributed by atoms with Gasteiger partial charge in [-0.05, 0) is 12.8 Å². The van der Waals surface area contributed by atoms with Crippen molar-refractivity contribution in [2.45, 2.75) is 18.3 Å². The fourth-order valence-corrected chi connectivity index (χ4v) is 1.87. The van der Waals surface area contributed by atoms with Crippen LogP contribution >= 0.6 is 11.8 Å². The molecular weight excluding hydrogens is 203 g/mol. The van der Waals surface area contributed by atoms with Crippen LogP contribution < -0.4 is 5.32 Å². The van der Waals surface area contributed by atoms with Crippen LogP contribution in [0.3, 0.4) is 0 Å². The Morgan fingerprint density at radius 1 is 1.54 bits per heavy atom. The van der Waals surface area contributed by atoms with Crippen molar-refractivity contribution < 1.29 is 18.0 Å². The maximum atomic E-state index is 11.7. The molecule has 6 heteroatoms. The van der Waals surface area contributed by atoms with Crippen molar-refractivity contribution in [1.29, 1.82) is 0 Å². The molecule has 0 aliphatic carbocycles. The highest BCUT2D eigenvalue weighted by atomic mass is 32.2. The van der Waals surface area contributed by atoms with Gasteiger partial charge in [0.25, 0.3) is 0 Å². The molecule has 1 aliphatic heterocycles. The van der Waals surface area contributed by atoms with Gasteiger partial charge < -0.3 is 5.32 Å². The largest absolute Gasteiger partial charge is 0.441 e. The van der Waals surface area contributed by atoms with Crippen molar-refractivity contribution in [2.24, 2.45) is 5.92 Å². The van der Waals surface area contributed by atoms with E-state index >= 15 is 0 Å². The van der Waals surface area contributed by atoms with E-state index in [-0.39, 0.29) is 29.3 Å². The summed E-state index contributed by atoms with van der Waals surface area (Å²) < 4.78 is 35.1. The highest BCUT2D eigenvalue weighted by Gasteiger charge is 2.30. The molecule has 1 amide bonds. The summed E-state index contributed by atoms with van der Waals surface area (Å²) in [5.74, 6) is -0.348. The zero-order chi connectivity index (χ0) is 9.90. The number of rotatable bonds is 3. The Balaban J connectivity index is 2.16. The SMILES string of the molecule is O=C1NCCC1CCSC(F)(F)F. The van der Waals surface area contributed by atoms with Gasteiger partial charge in [0.05, 0.1) is 0 Å². The number of hydrogen-bond acceptors (Lipinski definition) is 2. The molecule has 1 heterocycles. The van der Waals surface area contributed by atoms with Gasteiger partial charge in [-0.25, -0.2) is 0 Å². The number of alkyl halides is 3. The first-order chi connectivity index (χ1) is 5.99. The van der Waals surface area contributed by atoms with Gasteiger partial charge in [0.1, 0.15) is 0 Å². The van der Waals surface area contributed by atoms with Crippen molar-refractivity contribution in [2.75, 3.05) is 12.3 Å². The summed E-state index contributed by atoms with van der Waals surface area (Å²) in [7, 11) is 0. The van der Waals surface area contributed by atoms with Crippen molar-refractivity contribution in [1.82, 2.24) is 5.32 Å². The third-order valence-electron chi connectivity index (χ3n) is 1.89. The summed E-state index contributed by atoms with van der Waals surface area (Å²) in [6, 6.07) is 0. The Morgan fingerprint density at radius 2 is 2.23 bits per heavy atom. The molecular formula is C7H10F3NOS. The van der Waals surface area contributed by atoms with E-state index in [4.69, 9.17) is 0 Å². The predicted molar refractivity (Wildman–Crippen MR) is 44.2 cm³/mol. The minimum atomic E-state index is -4.17. The number of carbonyl (C=O) groups is 1. The second kappa shape index (κ2) is 4.21. The van der Waals surface area contributed by atoms with E-state index in [1.807, 2.05) is 0 Å². The average molecular weight is 213 g/mol. The van der Waals surface area contributed by atoms with Crippen molar-refractivity contribution in [3.8, 4) is 0 Å². The molecule has 1 fully saturated rings. The van der Waals surface area contributed by atoms with Crippen LogP contribution in [0.5, 0.6) is 0 Å². The summed E-state index contributed by atoms with van der Waals surface area (Å²) in [6.45, 7) is 0.597. The third-order valence-corrected chi connectivity index (χ3v) is 2.66. The summed E-state index contributed by atoms with van der Waals surface area (Å²) in [5.41, 5.74) is -4.17. The molecule has 0 aromatic heterocycles. The molecule has 0 aromatic rings. The number of thioether (sulfide) groups is 1. The number of halogens is 3. The molecule has 0 bridgehead atoms. The fraction of sp³-hybridized carbons (Fsp3) is 0.857. The first-order valence-electron chi connectivity index (χ1n) is 3.97. The monoisotopic (exact) mass is 213 g/mol. The van der Waals surface area contributed by atoms with Gasteiger partial charge in [-0.15, -0.1) is 0 Å². The summed E-state index contributed by atoms with van der Waals surface area (Å²) in [6.07, 6.45) is 0.979. The lowest BCUT2D eigenvalue weighted by Crippen LogP contribution is -2.19. The van der Waals surface area contributed by atoms with Crippen molar-refractivity contribution >= 4 is 17.7 Å². The van der Waals surface area contributed by atoms with Gasteiger partial charge >= 0.3 is 5.51 Å². The second-order valence-electron chi connectivity index (χ2n) is 2.86. The van der Waals surface area contributed by atoms with E-state index in [1.54, 1.807) is 0 Å². The molecule has 1 rings (SSSR count). The summed E-state index contributed by atoms with van der Waals surface area (Å²) in [4.78, 5) is 10.9. The minimum absolute atomic E-state index is 0.0262. The Hall–Kier alpha value is -0.390. The number of amides is 1. The molecule has 1 saturated heterocycles. The highest BCUT2D eigenvalue weighted by molar-refractivity contribution is 8.00. The van der Waals surface area contributed by atoms with Crippen LogP contribution in [0.15, 0.2) is 0 Å². The maximum absolute atomic E-state index is 11.7. The maximum Gasteiger partial charge on any atom is 0.441 e. The Bertz CT molecular complexity index is 195. The van der Waals surface area contributed by atoms with E-state index in [2.05, 4.69) is 5.32 Å². The van der Waals surface area contributed by atoms with Crippen LogP contribution in [0.25, 0.3) is 0 Å². The van der Waals surface area contributed by atoms with E-state index in [9.17, 15) is 18.0 Å². The van der Waals surface area contributed by atoms with Crippen molar-refractivity contribution in [3.05, 3.63) is 0 Å². The molecule has 0 spiro atoms. The molecule has 13 heavy (non-hydrogen) atoms. The fourth-order valence-electron chi connectivity index (χ4n) is 1.24. The van der Waals surface area contributed by atoms with Crippen LogP contribution in [0, 0.1) is 5.92 Å². The van der Waals surface area contributed by atoms with Crippen LogP contribution in [0.4, 0.5) is 13.2 Å². The van der Waals surface area contributed by atoms with Crippen molar-refractivity contribution in [3.63, 3.8) is 0 Å². The molecule has 2 nitrogen and oxygen atoms in total. The lowest BCUT2D eigenvalue weighted by molar-refractivity contribution is -0.122. The van der Waals surface area contributed by atoms with Gasteiger partial charge in [-0.1, -0.05) is 11.8 Å². The first-order valence-corrected chi connectivity index (χ1v) is 4.96. The lowest BCUT2D eigenvalue weighted by atomic mass is 10.1. The lowest BCUT2D eigenvalue weighted by Gasteiger charge is -2.07. The molecule has 1 aliphatic rings. The van der Waals surface area contributed by atoms with E-state index in [0.29, 0.717) is 19.4 Å². The van der Waals surface area contributed by atoms with Crippen LogP contribution in [-0.4, -0.2) is 23.7 Å². The van der Waals surface area contributed by atoms with Gasteiger partial charge in [-0.2, -0.15) is 13.2 Å². The number of nitrogens with one attached hydrogen (secondary N) is 1. The summed E-state index contributed by atoms with van der Waals surface area (Å²) in [5, 5.41) is 2.59. The third kappa shape index (κ3) is 3.89. The first kappa shape index (κ1) is 10.7. The van der Waals surface area contributed by atoms with E-state index in [0.717, 1.165) is 0 Å². The minimum Gasteiger partial charge on any atom is -0.356 e. The van der Waals surface area contributed by atoms with Gasteiger partial charge in [0.15, 0.2) is 0 Å². The molecule has 1 N–H and O–H groups in total. The number of carbonyl (C=O) groups excluding carboxylic acids is 1. The van der Waals surface area contributed by atoms with Gasteiger partial charge in [0, 0.05) is 18.2 Å². The van der Waals surface area contributed by atoms with Crippen LogP contribution in [0.1, 0.15) is 12.8 Å². The topological polar surface area (TPSA) is 29.1 Å². The standard InChI is InChI=1S/C7H10F3NOS/c8-7(9,10)13-4-2-5-1-3-11-6(5)12/h5H,1-4H2,(H,11,12). The molecule has 0 aromatic carbocycles. The second-order valence-corrected chi connectivity index (χ2v) is 4.02. The zero-order valence-corrected chi connectivity index (χ0v) is 7.67. The zero-order valence-electron chi connectivity index (χ0n) is 6.86. The van der Waals surface area contributed by atoms with E-state index < -0.39 is 5.51 Å². The normalized spacial score (nSPS) is 23.3. The van der Waals surface area contributed by atoms with E-state index in [1.165, 1.54) is 0 Å². The average Bonchev–Trinajstić information content (AvgIpc) is 2.34. The molecule has 0 saturated carbocycles. The Morgan fingerprint density at radius 3 is 2.69 bits per heavy atom. The molecule has 0 radical (unpaired) electrons. The predicted octanol–water partition coefficient (Wildman–Crippen LogP) is 1.77. The molecule has 1 atom stereocenters. The van der Waals surface area contributed by atoms with Crippen LogP contribution in [-0.2, 0) is 4.79 Å². The quantitative estimate of drug-likeness (QED) is 0.774. The smallest absolute Gasteiger partial charge is 0.356 e. The van der Waals surface area contributed by atoms with Gasteiger partial charge in [-0.3, -0.25) is 4.79 Å². The Labute approximate surface area is 78.3 Å². The summed E-state index contributed by atoms with van der Waals surface area (Å²) >= 11 is -0.0575. The molecule has 1 unspecified atom stereocenters. The number of hydrogen-bond donors (Lipinski definition) is 1.